The van der Waals surface area contributed by atoms with E-state index in [9.17, 15) is 14.7 Å². The van der Waals surface area contributed by atoms with Gasteiger partial charge in [-0.25, -0.2) is 4.79 Å². The van der Waals surface area contributed by atoms with Crippen molar-refractivity contribution in [1.82, 2.24) is 4.98 Å². The third kappa shape index (κ3) is 3.28. The number of aromatic nitrogens is 1. The summed E-state index contributed by atoms with van der Waals surface area (Å²) >= 11 is 0. The van der Waals surface area contributed by atoms with Gasteiger partial charge in [-0.3, -0.25) is 9.78 Å². The minimum Gasteiger partial charge on any atom is -0.504 e. The number of rotatable bonds is 3. The normalized spacial score (nSPS) is 10.7. The molecule has 2 N–H and O–H groups in total. The van der Waals surface area contributed by atoms with Gasteiger partial charge in [-0.05, 0) is 47.5 Å². The first-order chi connectivity index (χ1) is 13.1. The van der Waals surface area contributed by atoms with Crippen LogP contribution in [0.1, 0.15) is 10.4 Å². The van der Waals surface area contributed by atoms with E-state index < -0.39 is 11.5 Å². The van der Waals surface area contributed by atoms with E-state index in [0.29, 0.717) is 11.1 Å². The molecule has 6 heteroatoms. The molecule has 6 nitrogen and oxygen atoms in total. The molecule has 0 aliphatic rings. The Balaban J connectivity index is 1.66. The van der Waals surface area contributed by atoms with Crippen molar-refractivity contribution in [3.8, 4) is 16.9 Å². The summed E-state index contributed by atoms with van der Waals surface area (Å²) in [6, 6.07) is 17.1. The predicted molar refractivity (Wildman–Crippen MR) is 102 cm³/mol. The number of aromatic hydroxyl groups is 1. The highest BCUT2D eigenvalue weighted by Crippen LogP contribution is 2.24. The number of carbonyl (C=O) groups excluding carboxylic acids is 1. The van der Waals surface area contributed by atoms with Crippen LogP contribution in [0, 0.1) is 0 Å². The van der Waals surface area contributed by atoms with Crippen molar-refractivity contribution in [2.45, 2.75) is 0 Å². The van der Waals surface area contributed by atoms with Gasteiger partial charge >= 0.3 is 5.63 Å². The fourth-order valence-electron chi connectivity index (χ4n) is 2.81. The van der Waals surface area contributed by atoms with Gasteiger partial charge in [0.2, 0.25) is 0 Å². The van der Waals surface area contributed by atoms with E-state index in [1.54, 1.807) is 30.6 Å². The van der Waals surface area contributed by atoms with Gasteiger partial charge in [0.25, 0.3) is 5.91 Å². The van der Waals surface area contributed by atoms with E-state index in [-0.39, 0.29) is 16.9 Å². The molecule has 27 heavy (non-hydrogen) atoms. The van der Waals surface area contributed by atoms with Crippen LogP contribution in [0.15, 0.2) is 82.3 Å². The number of fused-ring (bicyclic) bond motifs is 1. The molecule has 0 unspecified atom stereocenters. The van der Waals surface area contributed by atoms with Gasteiger partial charge in [0.15, 0.2) is 11.3 Å². The fraction of sp³-hybridized carbons (Fsp3) is 0. The molecule has 0 atom stereocenters. The van der Waals surface area contributed by atoms with E-state index in [1.165, 1.54) is 12.1 Å². The fourth-order valence-corrected chi connectivity index (χ4v) is 2.81. The number of nitrogens with zero attached hydrogens (tertiary/aromatic N) is 1. The molecular weight excluding hydrogens is 344 g/mol. The zero-order valence-electron chi connectivity index (χ0n) is 14.0. The maximum Gasteiger partial charge on any atom is 0.349 e. The molecule has 2 aromatic carbocycles. The lowest BCUT2D eigenvalue weighted by Crippen LogP contribution is -2.20. The molecule has 0 fully saturated rings. The summed E-state index contributed by atoms with van der Waals surface area (Å²) in [5, 5.41) is 12.9. The summed E-state index contributed by atoms with van der Waals surface area (Å²) in [6.07, 6.45) is 3.38. The Morgan fingerprint density at radius 3 is 2.56 bits per heavy atom. The Morgan fingerprint density at radius 2 is 1.74 bits per heavy atom. The van der Waals surface area contributed by atoms with Crippen LogP contribution in [0.25, 0.3) is 22.1 Å². The number of hydrogen-bond acceptors (Lipinski definition) is 5. The zero-order chi connectivity index (χ0) is 18.8. The van der Waals surface area contributed by atoms with Crippen molar-refractivity contribution >= 4 is 22.6 Å². The van der Waals surface area contributed by atoms with Crippen molar-refractivity contribution in [2.75, 3.05) is 5.32 Å². The summed E-state index contributed by atoms with van der Waals surface area (Å²) in [4.78, 5) is 28.7. The molecule has 0 saturated heterocycles. The van der Waals surface area contributed by atoms with Gasteiger partial charge in [-0.1, -0.05) is 24.3 Å². The van der Waals surface area contributed by atoms with Crippen LogP contribution in [0.4, 0.5) is 5.69 Å². The number of phenols is 1. The molecule has 2 heterocycles. The largest absolute Gasteiger partial charge is 0.504 e. The third-order valence-corrected chi connectivity index (χ3v) is 4.12. The van der Waals surface area contributed by atoms with Crippen LogP contribution in [-0.2, 0) is 0 Å². The van der Waals surface area contributed by atoms with Crippen LogP contribution < -0.4 is 10.9 Å². The highest BCUT2D eigenvalue weighted by Gasteiger charge is 2.15. The minimum absolute atomic E-state index is 0.0544. The maximum atomic E-state index is 12.6. The van der Waals surface area contributed by atoms with Gasteiger partial charge in [-0.15, -0.1) is 0 Å². The molecule has 0 spiro atoms. The lowest BCUT2D eigenvalue weighted by molar-refractivity contribution is 0.102. The quantitative estimate of drug-likeness (QED) is 0.543. The number of anilines is 1. The second-order valence-electron chi connectivity index (χ2n) is 5.91. The third-order valence-electron chi connectivity index (χ3n) is 4.12. The van der Waals surface area contributed by atoms with Crippen molar-refractivity contribution in [3.05, 3.63) is 89.0 Å². The molecule has 1 amide bonds. The van der Waals surface area contributed by atoms with Crippen molar-refractivity contribution < 1.29 is 14.3 Å². The summed E-state index contributed by atoms with van der Waals surface area (Å²) in [5.74, 6) is -0.734. The van der Waals surface area contributed by atoms with Crippen LogP contribution >= 0.6 is 0 Å². The lowest BCUT2D eigenvalue weighted by atomic mass is 10.1. The molecule has 2 aromatic heterocycles. The number of amides is 1. The second kappa shape index (κ2) is 6.76. The average molecular weight is 358 g/mol. The number of pyridine rings is 1. The number of carbonyl (C=O) groups is 1. The summed E-state index contributed by atoms with van der Waals surface area (Å²) in [5.41, 5.74) is 1.52. The molecule has 0 radical (unpaired) electrons. The number of nitrogens with one attached hydrogen (secondary N) is 1. The summed E-state index contributed by atoms with van der Waals surface area (Å²) < 4.78 is 5.10. The number of para-hydroxylation sites is 1. The Hall–Kier alpha value is -3.93. The van der Waals surface area contributed by atoms with Crippen LogP contribution in [0.5, 0.6) is 5.75 Å². The highest BCUT2D eigenvalue weighted by molar-refractivity contribution is 6.05. The summed E-state index contributed by atoms with van der Waals surface area (Å²) in [7, 11) is 0. The Labute approximate surface area is 153 Å². The Morgan fingerprint density at radius 1 is 0.963 bits per heavy atom. The molecule has 4 rings (SSSR count). The SMILES string of the molecule is O=C(Nc1cccc(-c2ccncc2)c1)c1cc2cccc(O)c2oc1=O. The van der Waals surface area contributed by atoms with Gasteiger partial charge < -0.3 is 14.8 Å². The molecular formula is C21H14N2O4. The second-order valence-corrected chi connectivity index (χ2v) is 5.91. The van der Waals surface area contributed by atoms with Crippen LogP contribution in [-0.4, -0.2) is 16.0 Å². The zero-order valence-corrected chi connectivity index (χ0v) is 14.0. The first-order valence-electron chi connectivity index (χ1n) is 8.19. The highest BCUT2D eigenvalue weighted by atomic mass is 16.4. The van der Waals surface area contributed by atoms with Crippen LogP contribution in [0.3, 0.4) is 0 Å². The van der Waals surface area contributed by atoms with Gasteiger partial charge in [-0.2, -0.15) is 0 Å². The van der Waals surface area contributed by atoms with Crippen molar-refractivity contribution in [3.63, 3.8) is 0 Å². The Bertz CT molecular complexity index is 1200. The first kappa shape index (κ1) is 16.5. The topological polar surface area (TPSA) is 92.4 Å². The van der Waals surface area contributed by atoms with Crippen molar-refractivity contribution in [2.24, 2.45) is 0 Å². The molecule has 0 aliphatic heterocycles. The molecule has 0 saturated carbocycles. The Kier molecular flexibility index (Phi) is 4.14. The average Bonchev–Trinajstić information content (AvgIpc) is 2.69. The monoisotopic (exact) mass is 358 g/mol. The molecule has 0 aliphatic carbocycles. The van der Waals surface area contributed by atoms with E-state index in [0.717, 1.165) is 11.1 Å². The summed E-state index contributed by atoms with van der Waals surface area (Å²) in [6.45, 7) is 0. The number of hydrogen-bond donors (Lipinski definition) is 2. The smallest absolute Gasteiger partial charge is 0.349 e. The lowest BCUT2D eigenvalue weighted by Gasteiger charge is -2.08. The molecule has 4 aromatic rings. The van der Waals surface area contributed by atoms with Crippen LogP contribution in [0.2, 0.25) is 0 Å². The van der Waals surface area contributed by atoms with E-state index >= 15 is 0 Å². The predicted octanol–water partition coefficient (Wildman–Crippen LogP) is 3.81. The van der Waals surface area contributed by atoms with Gasteiger partial charge in [0.1, 0.15) is 5.56 Å². The van der Waals surface area contributed by atoms with Crippen molar-refractivity contribution in [1.29, 1.82) is 0 Å². The van der Waals surface area contributed by atoms with Gasteiger partial charge in [0, 0.05) is 23.5 Å². The van der Waals surface area contributed by atoms with E-state index in [2.05, 4.69) is 10.3 Å². The molecule has 132 valence electrons. The van der Waals surface area contributed by atoms with E-state index in [4.69, 9.17) is 4.42 Å². The number of benzene rings is 2. The molecule has 0 bridgehead atoms. The standard InChI is InChI=1S/C21H14N2O4/c24-18-6-2-4-15-12-17(21(26)27-19(15)18)20(25)23-16-5-1-3-14(11-16)13-7-9-22-10-8-13/h1-12,24H,(H,23,25). The number of phenolic OH excluding ortho intramolecular Hbond substituents is 1. The maximum absolute atomic E-state index is 12.6. The minimum atomic E-state index is -0.813. The van der Waals surface area contributed by atoms with Gasteiger partial charge in [0.05, 0.1) is 0 Å². The first-order valence-corrected chi connectivity index (χ1v) is 8.19. The van der Waals surface area contributed by atoms with E-state index in [1.807, 2.05) is 30.3 Å².